The van der Waals surface area contributed by atoms with Crippen LogP contribution in [0.15, 0.2) is 36.5 Å². The van der Waals surface area contributed by atoms with Gasteiger partial charge in [-0.3, -0.25) is 4.79 Å². The molecule has 0 aliphatic carbocycles. The zero-order valence-electron chi connectivity index (χ0n) is 55.2. The average molecular weight is 1270 g/mol. The highest BCUT2D eigenvalue weighted by atomic mass is 16.8. The minimum absolute atomic E-state index is 0.244. The Hall–Kier alpha value is -1.99. The Morgan fingerprint density at radius 3 is 1.16 bits per heavy atom. The predicted molar refractivity (Wildman–Crippen MR) is 346 cm³/mol. The molecule has 0 bridgehead atoms. The molecule has 0 aromatic rings. The van der Waals surface area contributed by atoms with Crippen molar-refractivity contribution < 1.29 is 89.4 Å². The zero-order valence-corrected chi connectivity index (χ0v) is 55.2. The maximum Gasteiger partial charge on any atom is 0.220 e. The second kappa shape index (κ2) is 52.3. The molecule has 3 aliphatic rings. The Bertz CT molecular complexity index is 1760. The fraction of sp³-hybridized carbons (Fsp3) is 0.900. The Labute approximate surface area is 536 Å². The summed E-state index contributed by atoms with van der Waals surface area (Å²) in [6, 6.07) is -0.882. The number of aliphatic hydroxyl groups is 11. The number of aliphatic hydroxyl groups excluding tert-OH is 11. The van der Waals surface area contributed by atoms with Crippen LogP contribution in [0.2, 0.25) is 0 Å². The molecule has 12 N–H and O–H groups in total. The first-order valence-electron chi connectivity index (χ1n) is 35.7. The lowest BCUT2D eigenvalue weighted by Gasteiger charge is -2.48. The smallest absolute Gasteiger partial charge is 0.220 e. The fourth-order valence-electron chi connectivity index (χ4n) is 12.1. The van der Waals surface area contributed by atoms with Gasteiger partial charge in [0.15, 0.2) is 18.9 Å². The number of hydrogen-bond donors (Lipinski definition) is 12. The van der Waals surface area contributed by atoms with E-state index in [1.54, 1.807) is 0 Å². The van der Waals surface area contributed by atoms with Crippen molar-refractivity contribution in [3.63, 3.8) is 0 Å². The number of carbonyl (C=O) groups is 1. The maximum atomic E-state index is 13.3. The molecule has 0 spiro atoms. The molecule has 0 radical (unpaired) electrons. The third-order valence-corrected chi connectivity index (χ3v) is 18.0. The first-order valence-corrected chi connectivity index (χ1v) is 35.7. The van der Waals surface area contributed by atoms with Gasteiger partial charge < -0.3 is 89.9 Å². The van der Waals surface area contributed by atoms with Gasteiger partial charge in [-0.25, -0.2) is 0 Å². The topological polar surface area (TPSA) is 307 Å². The zero-order chi connectivity index (χ0) is 64.7. The molecule has 89 heavy (non-hydrogen) atoms. The summed E-state index contributed by atoms with van der Waals surface area (Å²) in [6.07, 6.45) is 34.5. The van der Waals surface area contributed by atoms with Crippen LogP contribution in [0, 0.1) is 0 Å². The van der Waals surface area contributed by atoms with Crippen molar-refractivity contribution in [2.45, 2.75) is 375 Å². The summed E-state index contributed by atoms with van der Waals surface area (Å²) in [5.41, 5.74) is 0. The quantitative estimate of drug-likeness (QED) is 0.0199. The molecule has 19 heteroatoms. The Kier molecular flexibility index (Phi) is 47.7. The molecule has 1 amide bonds. The van der Waals surface area contributed by atoms with E-state index in [2.05, 4.69) is 55.6 Å². The third-order valence-electron chi connectivity index (χ3n) is 18.0. The van der Waals surface area contributed by atoms with Crippen molar-refractivity contribution in [2.24, 2.45) is 0 Å². The van der Waals surface area contributed by atoms with E-state index in [1.807, 2.05) is 0 Å². The van der Waals surface area contributed by atoms with Crippen LogP contribution in [-0.4, -0.2) is 193 Å². The molecule has 0 aromatic heterocycles. The van der Waals surface area contributed by atoms with E-state index >= 15 is 0 Å². The molecule has 0 aromatic carbocycles. The van der Waals surface area contributed by atoms with Crippen LogP contribution in [0.25, 0.3) is 0 Å². The van der Waals surface area contributed by atoms with E-state index in [0.29, 0.717) is 12.8 Å². The average Bonchev–Trinajstić information content (AvgIpc) is 2.14. The summed E-state index contributed by atoms with van der Waals surface area (Å²) in [5.74, 6) is -0.244. The van der Waals surface area contributed by atoms with Crippen LogP contribution in [0.3, 0.4) is 0 Å². The largest absolute Gasteiger partial charge is 0.394 e. The molecular formula is C70H129NO18. The molecule has 3 heterocycles. The van der Waals surface area contributed by atoms with Gasteiger partial charge in [0.2, 0.25) is 5.91 Å². The minimum atomic E-state index is -1.97. The summed E-state index contributed by atoms with van der Waals surface area (Å²) in [6.45, 7) is 1.73. The van der Waals surface area contributed by atoms with Crippen LogP contribution in [0.5, 0.6) is 0 Å². The molecule has 3 rings (SSSR count). The van der Waals surface area contributed by atoms with E-state index in [4.69, 9.17) is 28.4 Å². The van der Waals surface area contributed by atoms with E-state index in [-0.39, 0.29) is 18.9 Å². The van der Waals surface area contributed by atoms with Crippen LogP contribution >= 0.6 is 0 Å². The standard InChI is InChI=1S/C70H129NO18/c1-3-5-7-9-11-12-13-14-15-16-17-18-19-20-21-22-23-24-25-26-27-28-29-30-31-32-33-34-35-36-37-38-39-40-42-44-46-48-58(76)71-53(54(75)47-45-43-41-10-8-6-4-2)52-84-68-64(82)61(79)66(56(50-73)86-68)89-70-65(83)62(80)67(57(51-74)87-70)88-69-63(81)60(78)59(77)55(49-72)85-69/h13-14,16-17,19-20,53-57,59-70,72-75,77-83H,3-12,15,18,21-52H2,1-2H3,(H,71,76)/b14-13-,17-16-,20-19-. The van der Waals surface area contributed by atoms with Gasteiger partial charge in [-0.1, -0.05) is 249 Å². The van der Waals surface area contributed by atoms with Gasteiger partial charge in [0.25, 0.3) is 0 Å². The van der Waals surface area contributed by atoms with Crippen molar-refractivity contribution in [3.05, 3.63) is 36.5 Å². The Balaban J connectivity index is 1.25. The summed E-state index contributed by atoms with van der Waals surface area (Å²) in [5, 5.41) is 120. The van der Waals surface area contributed by atoms with Crippen molar-refractivity contribution in [1.82, 2.24) is 5.32 Å². The number of rotatable bonds is 55. The highest BCUT2D eigenvalue weighted by molar-refractivity contribution is 5.76. The van der Waals surface area contributed by atoms with Gasteiger partial charge in [0.05, 0.1) is 38.6 Å². The fourth-order valence-corrected chi connectivity index (χ4v) is 12.1. The van der Waals surface area contributed by atoms with Gasteiger partial charge in [0.1, 0.15) is 73.2 Å². The molecule has 3 saturated heterocycles. The molecule has 522 valence electrons. The number of ether oxygens (including phenoxy) is 6. The third kappa shape index (κ3) is 34.3. The second-order valence-corrected chi connectivity index (χ2v) is 25.7. The van der Waals surface area contributed by atoms with Crippen LogP contribution in [0.4, 0.5) is 0 Å². The monoisotopic (exact) mass is 1270 g/mol. The van der Waals surface area contributed by atoms with Crippen LogP contribution in [0.1, 0.15) is 271 Å². The normalized spacial score (nSPS) is 28.4. The number of allylic oxidation sites excluding steroid dienone is 6. The van der Waals surface area contributed by atoms with Gasteiger partial charge in [-0.2, -0.15) is 0 Å². The van der Waals surface area contributed by atoms with Crippen LogP contribution in [-0.2, 0) is 33.2 Å². The van der Waals surface area contributed by atoms with Crippen molar-refractivity contribution in [1.29, 1.82) is 0 Å². The SMILES string of the molecule is CCCCCCC/C=C\C/C=C\C/C=C\CCCCCCCCCCCCCCCCCCCCCCCCC(=O)NC(COC1OC(CO)C(OC2OC(CO)C(OC3OC(CO)C(O)C(O)C3O)C(O)C2O)C(O)C1O)C(O)CCCCCCCCC. The Morgan fingerprint density at radius 2 is 0.742 bits per heavy atom. The van der Waals surface area contributed by atoms with Gasteiger partial charge in [-0.05, 0) is 51.4 Å². The molecule has 3 fully saturated rings. The summed E-state index contributed by atoms with van der Waals surface area (Å²) < 4.78 is 34.3. The molecule has 3 aliphatic heterocycles. The van der Waals surface area contributed by atoms with Gasteiger partial charge in [0, 0.05) is 6.42 Å². The lowest BCUT2D eigenvalue weighted by atomic mass is 9.96. The molecule has 17 unspecified atom stereocenters. The second-order valence-electron chi connectivity index (χ2n) is 25.7. The van der Waals surface area contributed by atoms with Gasteiger partial charge >= 0.3 is 0 Å². The van der Waals surface area contributed by atoms with E-state index < -0.39 is 124 Å². The molecule has 17 atom stereocenters. The van der Waals surface area contributed by atoms with E-state index in [0.717, 1.165) is 70.6 Å². The summed E-state index contributed by atoms with van der Waals surface area (Å²) in [7, 11) is 0. The summed E-state index contributed by atoms with van der Waals surface area (Å²) >= 11 is 0. The predicted octanol–water partition coefficient (Wildman–Crippen LogP) is 9.61. The van der Waals surface area contributed by atoms with Crippen molar-refractivity contribution in [2.75, 3.05) is 26.4 Å². The lowest BCUT2D eigenvalue weighted by molar-refractivity contribution is -0.379. The van der Waals surface area contributed by atoms with E-state index in [1.165, 1.54) is 167 Å². The molecule has 19 nitrogen and oxygen atoms in total. The summed E-state index contributed by atoms with van der Waals surface area (Å²) in [4.78, 5) is 13.3. The highest BCUT2D eigenvalue weighted by Gasteiger charge is 2.53. The first kappa shape index (κ1) is 81.2. The molecule has 0 saturated carbocycles. The van der Waals surface area contributed by atoms with Crippen molar-refractivity contribution >= 4 is 5.91 Å². The maximum absolute atomic E-state index is 13.3. The van der Waals surface area contributed by atoms with Gasteiger partial charge in [-0.15, -0.1) is 0 Å². The number of hydrogen-bond acceptors (Lipinski definition) is 18. The Morgan fingerprint density at radius 1 is 0.404 bits per heavy atom. The van der Waals surface area contributed by atoms with Crippen LogP contribution < -0.4 is 5.32 Å². The minimum Gasteiger partial charge on any atom is -0.394 e. The number of unbranched alkanes of at least 4 members (excludes halogenated alkanes) is 33. The number of carbonyl (C=O) groups excluding carboxylic acids is 1. The first-order chi connectivity index (χ1) is 43.3. The number of amides is 1. The van der Waals surface area contributed by atoms with E-state index in [9.17, 15) is 61.0 Å². The number of nitrogens with one attached hydrogen (secondary N) is 1. The molecular weight excluding hydrogens is 1140 g/mol. The van der Waals surface area contributed by atoms with Crippen molar-refractivity contribution in [3.8, 4) is 0 Å². The highest BCUT2D eigenvalue weighted by Crippen LogP contribution is 2.33. The lowest BCUT2D eigenvalue weighted by Crippen LogP contribution is -2.66.